The van der Waals surface area contributed by atoms with Crippen LogP contribution < -0.4 is 5.32 Å². The van der Waals surface area contributed by atoms with E-state index in [1.54, 1.807) is 0 Å². The van der Waals surface area contributed by atoms with Crippen molar-refractivity contribution in [2.45, 2.75) is 52.4 Å². The number of nitrogens with one attached hydrogen (secondary N) is 1. The maximum Gasteiger partial charge on any atom is 0.0753 e. The van der Waals surface area contributed by atoms with Gasteiger partial charge in [0.05, 0.1) is 12.2 Å². The Bertz CT molecular complexity index is 412. The van der Waals surface area contributed by atoms with Gasteiger partial charge in [-0.3, -0.25) is 4.90 Å². The van der Waals surface area contributed by atoms with Gasteiger partial charge in [-0.1, -0.05) is 38.1 Å². The van der Waals surface area contributed by atoms with Crippen LogP contribution in [0.4, 0.5) is 0 Å². The van der Waals surface area contributed by atoms with Gasteiger partial charge in [0.2, 0.25) is 0 Å². The summed E-state index contributed by atoms with van der Waals surface area (Å²) in [5, 5.41) is 3.45. The van der Waals surface area contributed by atoms with Gasteiger partial charge in [-0.15, -0.1) is 0 Å². The molecule has 1 N–H and O–H groups in total. The first kappa shape index (κ1) is 15.5. The molecule has 1 aromatic carbocycles. The second-order valence-corrected chi connectivity index (χ2v) is 6.67. The topological polar surface area (TPSA) is 24.5 Å². The molecule has 0 atom stereocenters. The summed E-state index contributed by atoms with van der Waals surface area (Å²) in [6.07, 6.45) is 0. The van der Waals surface area contributed by atoms with Gasteiger partial charge in [0.1, 0.15) is 0 Å². The Kier molecular flexibility index (Phi) is 5.19. The van der Waals surface area contributed by atoms with Crippen LogP contribution in [0.3, 0.4) is 0 Å². The molecular formula is C17H28N2O. The summed E-state index contributed by atoms with van der Waals surface area (Å²) in [4.78, 5) is 2.48. The third-order valence-electron chi connectivity index (χ3n) is 3.65. The van der Waals surface area contributed by atoms with E-state index in [1.165, 1.54) is 11.1 Å². The maximum absolute atomic E-state index is 5.76. The van der Waals surface area contributed by atoms with E-state index in [2.05, 4.69) is 62.2 Å². The minimum Gasteiger partial charge on any atom is -0.373 e. The largest absolute Gasteiger partial charge is 0.373 e. The van der Waals surface area contributed by atoms with Crippen LogP contribution in [0.5, 0.6) is 0 Å². The van der Waals surface area contributed by atoms with Crippen molar-refractivity contribution in [3.8, 4) is 0 Å². The Morgan fingerprint density at radius 2 is 1.85 bits per heavy atom. The lowest BCUT2D eigenvalue weighted by Crippen LogP contribution is -2.47. The molecule has 0 unspecified atom stereocenters. The van der Waals surface area contributed by atoms with Gasteiger partial charge in [0, 0.05) is 32.2 Å². The second kappa shape index (κ2) is 6.70. The van der Waals surface area contributed by atoms with Crippen LogP contribution in [0.1, 0.15) is 38.8 Å². The number of morpholine rings is 1. The molecule has 1 aromatic rings. The first-order valence-electron chi connectivity index (χ1n) is 7.62. The molecule has 1 fully saturated rings. The van der Waals surface area contributed by atoms with Crippen molar-refractivity contribution in [3.63, 3.8) is 0 Å². The lowest BCUT2D eigenvalue weighted by molar-refractivity contribution is -0.0882. The highest BCUT2D eigenvalue weighted by Crippen LogP contribution is 2.18. The molecule has 0 saturated carbocycles. The summed E-state index contributed by atoms with van der Waals surface area (Å²) >= 11 is 0. The van der Waals surface area contributed by atoms with E-state index in [0.29, 0.717) is 6.04 Å². The highest BCUT2D eigenvalue weighted by molar-refractivity contribution is 5.22. The minimum absolute atomic E-state index is 0.0145. The molecule has 0 bridgehead atoms. The van der Waals surface area contributed by atoms with Gasteiger partial charge < -0.3 is 10.1 Å². The van der Waals surface area contributed by atoms with Crippen molar-refractivity contribution in [3.05, 3.63) is 35.4 Å². The smallest absolute Gasteiger partial charge is 0.0753 e. The molecule has 0 aliphatic carbocycles. The quantitative estimate of drug-likeness (QED) is 0.895. The van der Waals surface area contributed by atoms with Crippen molar-refractivity contribution in [1.29, 1.82) is 0 Å². The Morgan fingerprint density at radius 3 is 2.45 bits per heavy atom. The van der Waals surface area contributed by atoms with Crippen LogP contribution in [0.15, 0.2) is 24.3 Å². The summed E-state index contributed by atoms with van der Waals surface area (Å²) in [7, 11) is 0. The molecule has 20 heavy (non-hydrogen) atoms. The molecule has 0 amide bonds. The highest BCUT2D eigenvalue weighted by Gasteiger charge is 2.26. The van der Waals surface area contributed by atoms with Gasteiger partial charge in [-0.2, -0.15) is 0 Å². The third kappa shape index (κ3) is 4.89. The fraction of sp³-hybridized carbons (Fsp3) is 0.647. The normalized spacial score (nSPS) is 19.4. The summed E-state index contributed by atoms with van der Waals surface area (Å²) in [5.41, 5.74) is 2.72. The van der Waals surface area contributed by atoms with Crippen LogP contribution in [0, 0.1) is 0 Å². The maximum atomic E-state index is 5.76. The molecule has 3 heteroatoms. The molecule has 0 aromatic heterocycles. The van der Waals surface area contributed by atoms with Crippen LogP contribution >= 0.6 is 0 Å². The fourth-order valence-electron chi connectivity index (χ4n) is 2.59. The van der Waals surface area contributed by atoms with Crippen LogP contribution in [-0.4, -0.2) is 36.2 Å². The van der Waals surface area contributed by atoms with Crippen molar-refractivity contribution >= 4 is 0 Å². The van der Waals surface area contributed by atoms with Gasteiger partial charge in [-0.05, 0) is 25.0 Å². The average Bonchev–Trinajstić information content (AvgIpc) is 2.36. The van der Waals surface area contributed by atoms with Crippen molar-refractivity contribution in [2.75, 3.05) is 19.7 Å². The third-order valence-corrected chi connectivity index (χ3v) is 3.65. The summed E-state index contributed by atoms with van der Waals surface area (Å²) in [6.45, 7) is 13.5. The number of hydrogen-bond acceptors (Lipinski definition) is 3. The van der Waals surface area contributed by atoms with Gasteiger partial charge in [0.25, 0.3) is 0 Å². The van der Waals surface area contributed by atoms with Crippen molar-refractivity contribution in [1.82, 2.24) is 10.2 Å². The molecule has 1 saturated heterocycles. The highest BCUT2D eigenvalue weighted by atomic mass is 16.5. The van der Waals surface area contributed by atoms with Crippen LogP contribution in [-0.2, 0) is 17.8 Å². The zero-order chi connectivity index (χ0) is 14.6. The van der Waals surface area contributed by atoms with Crippen LogP contribution in [0.2, 0.25) is 0 Å². The Hall–Kier alpha value is -0.900. The van der Waals surface area contributed by atoms with E-state index >= 15 is 0 Å². The monoisotopic (exact) mass is 276 g/mol. The number of rotatable bonds is 5. The van der Waals surface area contributed by atoms with E-state index < -0.39 is 0 Å². The van der Waals surface area contributed by atoms with E-state index in [-0.39, 0.29) is 5.60 Å². The number of benzene rings is 1. The van der Waals surface area contributed by atoms with Gasteiger partial charge in [-0.25, -0.2) is 0 Å². The van der Waals surface area contributed by atoms with E-state index in [1.807, 2.05) is 0 Å². The van der Waals surface area contributed by atoms with E-state index in [9.17, 15) is 0 Å². The first-order valence-corrected chi connectivity index (χ1v) is 7.62. The molecule has 3 nitrogen and oxygen atoms in total. The molecule has 0 spiro atoms. The predicted molar refractivity (Wildman–Crippen MR) is 83.7 cm³/mol. The lowest BCUT2D eigenvalue weighted by atomic mass is 10.1. The lowest BCUT2D eigenvalue weighted by Gasteiger charge is -2.38. The first-order chi connectivity index (χ1) is 9.44. The summed E-state index contributed by atoms with van der Waals surface area (Å²) in [6, 6.07) is 9.50. The van der Waals surface area contributed by atoms with Crippen LogP contribution in [0.25, 0.3) is 0 Å². The summed E-state index contributed by atoms with van der Waals surface area (Å²) in [5.74, 6) is 0. The van der Waals surface area contributed by atoms with Crippen molar-refractivity contribution in [2.24, 2.45) is 0 Å². The number of ether oxygens (including phenoxy) is 1. The molecular weight excluding hydrogens is 248 g/mol. The Balaban J connectivity index is 1.87. The van der Waals surface area contributed by atoms with E-state index in [0.717, 1.165) is 32.8 Å². The molecule has 112 valence electrons. The average molecular weight is 276 g/mol. The second-order valence-electron chi connectivity index (χ2n) is 6.67. The molecule has 1 aliphatic heterocycles. The van der Waals surface area contributed by atoms with Gasteiger partial charge in [0.15, 0.2) is 0 Å². The van der Waals surface area contributed by atoms with Gasteiger partial charge >= 0.3 is 0 Å². The zero-order valence-electron chi connectivity index (χ0n) is 13.3. The predicted octanol–water partition coefficient (Wildman–Crippen LogP) is 2.80. The minimum atomic E-state index is -0.0145. The molecule has 1 heterocycles. The molecule has 2 rings (SSSR count). The van der Waals surface area contributed by atoms with Crippen molar-refractivity contribution < 1.29 is 4.74 Å². The number of nitrogens with zero attached hydrogens (tertiary/aromatic N) is 1. The molecule has 0 radical (unpaired) electrons. The fourth-order valence-corrected chi connectivity index (χ4v) is 2.59. The standard InChI is InChI=1S/C17H28N2O/c1-14(2)18-11-15-5-7-16(8-6-15)12-19-9-10-20-17(3,4)13-19/h5-8,14,18H,9-13H2,1-4H3. The van der Waals surface area contributed by atoms with E-state index in [4.69, 9.17) is 4.74 Å². The SMILES string of the molecule is CC(C)NCc1ccc(CN2CCOC(C)(C)C2)cc1. The number of hydrogen-bond donors (Lipinski definition) is 1. The summed E-state index contributed by atoms with van der Waals surface area (Å²) < 4.78 is 5.76. The Morgan fingerprint density at radius 1 is 1.20 bits per heavy atom. The Labute approximate surface area is 123 Å². The molecule has 1 aliphatic rings. The zero-order valence-corrected chi connectivity index (χ0v) is 13.3.